The maximum atomic E-state index is 13.1. The molecule has 1 aromatic heterocycles. The highest BCUT2D eigenvalue weighted by Crippen LogP contribution is 2.19. The topological polar surface area (TPSA) is 128 Å². The summed E-state index contributed by atoms with van der Waals surface area (Å²) in [6, 6.07) is 21.1. The monoisotopic (exact) mass is 548 g/mol. The van der Waals surface area contributed by atoms with Gasteiger partial charge in [0.05, 0.1) is 21.8 Å². The number of carbonyl (C=O) groups excluding carboxylic acids is 2. The van der Waals surface area contributed by atoms with Crippen LogP contribution in [0.1, 0.15) is 28.5 Å². The van der Waals surface area contributed by atoms with Crippen LogP contribution in [0.5, 0.6) is 0 Å². The number of aromatic nitrogens is 2. The van der Waals surface area contributed by atoms with E-state index in [9.17, 15) is 22.8 Å². The zero-order valence-corrected chi connectivity index (χ0v) is 22.7. The Morgan fingerprint density at radius 2 is 1.62 bits per heavy atom. The van der Waals surface area contributed by atoms with Crippen molar-refractivity contribution in [3.63, 3.8) is 0 Å². The Balaban J connectivity index is 1.48. The van der Waals surface area contributed by atoms with Gasteiger partial charge in [0.1, 0.15) is 5.69 Å². The van der Waals surface area contributed by atoms with Crippen LogP contribution in [0, 0.1) is 13.8 Å². The second kappa shape index (κ2) is 11.0. The molecule has 0 unspecified atom stereocenters. The van der Waals surface area contributed by atoms with E-state index in [1.165, 1.54) is 35.9 Å². The number of para-hydroxylation sites is 1. The normalized spacial score (nSPS) is 12.0. The molecule has 0 fully saturated rings. The molecule has 2 N–H and O–H groups in total. The second-order valence-corrected chi connectivity index (χ2v) is 10.7. The number of carbonyl (C=O) groups is 2. The van der Waals surface area contributed by atoms with Crippen LogP contribution in [0.4, 0.5) is 11.4 Å². The minimum Gasteiger partial charge on any atom is -0.449 e. The number of esters is 1. The van der Waals surface area contributed by atoms with Crippen molar-refractivity contribution in [2.75, 3.05) is 10.0 Å². The molecule has 202 valence electrons. The molecular formula is C28H28N4O6S. The zero-order valence-electron chi connectivity index (χ0n) is 21.8. The predicted octanol–water partition coefficient (Wildman–Crippen LogP) is 3.78. The van der Waals surface area contributed by atoms with Crippen LogP contribution in [0.25, 0.3) is 5.69 Å². The van der Waals surface area contributed by atoms with Gasteiger partial charge in [-0.3, -0.25) is 19.0 Å². The number of nitrogens with one attached hydrogen (secondary N) is 2. The average Bonchev–Trinajstić information content (AvgIpc) is 3.11. The SMILES string of the molecule is Cc1cccc(NS(=O)(=O)c2cccc(C(=O)O[C@@H](C)C(=O)Nc3c(C)n(C)n(-c4ccccc4)c3=O)c2)c1. The molecule has 10 nitrogen and oxygen atoms in total. The van der Waals surface area contributed by atoms with E-state index in [-0.39, 0.29) is 16.1 Å². The molecule has 0 aliphatic rings. The first-order chi connectivity index (χ1) is 18.5. The van der Waals surface area contributed by atoms with Crippen molar-refractivity contribution >= 4 is 33.3 Å². The summed E-state index contributed by atoms with van der Waals surface area (Å²) in [4.78, 5) is 38.5. The first kappa shape index (κ1) is 27.4. The highest BCUT2D eigenvalue weighted by Gasteiger charge is 2.24. The fourth-order valence-corrected chi connectivity index (χ4v) is 5.03. The van der Waals surface area contributed by atoms with Crippen LogP contribution in [0.2, 0.25) is 0 Å². The van der Waals surface area contributed by atoms with Crippen LogP contribution < -0.4 is 15.6 Å². The Morgan fingerprint density at radius 1 is 0.923 bits per heavy atom. The largest absolute Gasteiger partial charge is 0.449 e. The van der Waals surface area contributed by atoms with Gasteiger partial charge in [0, 0.05) is 12.7 Å². The Hall–Kier alpha value is -4.64. The minimum atomic E-state index is -3.98. The molecular weight excluding hydrogens is 520 g/mol. The van der Waals surface area contributed by atoms with Gasteiger partial charge in [-0.15, -0.1) is 0 Å². The molecule has 4 rings (SSSR count). The summed E-state index contributed by atoms with van der Waals surface area (Å²) in [6.45, 7) is 4.88. The molecule has 0 saturated heterocycles. The molecule has 1 amide bonds. The standard InChI is InChI=1S/C28H28N4O6S/c1-18-10-8-12-22(16-18)30-39(36,37)24-15-9-11-21(17-24)28(35)38-20(3)26(33)29-25-19(2)31(4)32(27(25)34)23-13-6-5-7-14-23/h5-17,20,30H,1-4H3,(H,29,33)/t20-/m0/s1. The van der Waals surface area contributed by atoms with E-state index in [2.05, 4.69) is 10.0 Å². The summed E-state index contributed by atoms with van der Waals surface area (Å²) in [6.07, 6.45) is -1.27. The maximum absolute atomic E-state index is 13.1. The predicted molar refractivity (Wildman–Crippen MR) is 148 cm³/mol. The molecule has 3 aromatic carbocycles. The van der Waals surface area contributed by atoms with Crippen LogP contribution in [0.3, 0.4) is 0 Å². The van der Waals surface area contributed by atoms with Crippen molar-refractivity contribution in [1.29, 1.82) is 0 Å². The third kappa shape index (κ3) is 5.93. The number of rotatable bonds is 8. The molecule has 0 aliphatic carbocycles. The van der Waals surface area contributed by atoms with Gasteiger partial charge in [-0.1, -0.05) is 36.4 Å². The van der Waals surface area contributed by atoms with Crippen molar-refractivity contribution in [2.45, 2.75) is 31.8 Å². The van der Waals surface area contributed by atoms with Crippen molar-refractivity contribution in [1.82, 2.24) is 9.36 Å². The molecule has 11 heteroatoms. The van der Waals surface area contributed by atoms with Crippen LogP contribution >= 0.6 is 0 Å². The number of amides is 1. The van der Waals surface area contributed by atoms with Crippen LogP contribution in [0.15, 0.2) is 88.6 Å². The van der Waals surface area contributed by atoms with Gasteiger partial charge in [0.2, 0.25) is 0 Å². The summed E-state index contributed by atoms with van der Waals surface area (Å²) >= 11 is 0. The Labute approximate surface area is 225 Å². The first-order valence-corrected chi connectivity index (χ1v) is 13.5. The Kier molecular flexibility index (Phi) is 7.73. The lowest BCUT2D eigenvalue weighted by atomic mass is 10.2. The molecule has 0 saturated carbocycles. The lowest BCUT2D eigenvalue weighted by Crippen LogP contribution is -2.32. The summed E-state index contributed by atoms with van der Waals surface area (Å²) in [5, 5.41) is 2.56. The molecule has 0 radical (unpaired) electrons. The van der Waals surface area contributed by atoms with Gasteiger partial charge in [0.15, 0.2) is 6.10 Å². The number of sulfonamides is 1. The fraction of sp³-hybridized carbons (Fsp3) is 0.179. The number of benzene rings is 3. The average molecular weight is 549 g/mol. The number of hydrogen-bond donors (Lipinski definition) is 2. The van der Waals surface area contributed by atoms with Crippen LogP contribution in [-0.4, -0.2) is 35.8 Å². The number of ether oxygens (including phenoxy) is 1. The summed E-state index contributed by atoms with van der Waals surface area (Å²) < 4.78 is 36.5. The molecule has 0 aliphatic heterocycles. The third-order valence-electron chi connectivity index (χ3n) is 6.11. The number of nitrogens with zero attached hydrogens (tertiary/aromatic N) is 2. The molecule has 0 spiro atoms. The fourth-order valence-electron chi connectivity index (χ4n) is 3.93. The van der Waals surface area contributed by atoms with Crippen molar-refractivity contribution in [2.24, 2.45) is 7.05 Å². The Morgan fingerprint density at radius 3 is 2.31 bits per heavy atom. The van der Waals surface area contributed by atoms with E-state index >= 15 is 0 Å². The second-order valence-electron chi connectivity index (χ2n) is 8.98. The van der Waals surface area contributed by atoms with Gasteiger partial charge in [-0.25, -0.2) is 17.9 Å². The number of anilines is 2. The van der Waals surface area contributed by atoms with E-state index in [0.717, 1.165) is 5.56 Å². The van der Waals surface area contributed by atoms with E-state index in [1.807, 2.05) is 19.1 Å². The molecule has 1 atom stereocenters. The van der Waals surface area contributed by atoms with Gasteiger partial charge in [-0.2, -0.15) is 0 Å². The minimum absolute atomic E-state index is 0.0518. The lowest BCUT2D eigenvalue weighted by Gasteiger charge is -2.14. The van der Waals surface area contributed by atoms with Crippen molar-refractivity contribution < 1.29 is 22.7 Å². The van der Waals surface area contributed by atoms with Gasteiger partial charge in [-0.05, 0) is 68.8 Å². The highest BCUT2D eigenvalue weighted by molar-refractivity contribution is 7.92. The van der Waals surface area contributed by atoms with E-state index < -0.39 is 33.6 Å². The molecule has 1 heterocycles. The number of hydrogen-bond acceptors (Lipinski definition) is 6. The van der Waals surface area contributed by atoms with E-state index in [4.69, 9.17) is 4.74 Å². The van der Waals surface area contributed by atoms with Gasteiger partial charge >= 0.3 is 5.97 Å². The smallest absolute Gasteiger partial charge is 0.338 e. The van der Waals surface area contributed by atoms with Gasteiger partial charge < -0.3 is 10.1 Å². The van der Waals surface area contributed by atoms with Crippen LogP contribution in [-0.2, 0) is 26.6 Å². The lowest BCUT2D eigenvalue weighted by molar-refractivity contribution is -0.123. The molecule has 0 bridgehead atoms. The summed E-state index contributed by atoms with van der Waals surface area (Å²) in [5.74, 6) is -1.60. The molecule has 4 aromatic rings. The van der Waals surface area contributed by atoms with E-state index in [0.29, 0.717) is 17.1 Å². The molecule has 39 heavy (non-hydrogen) atoms. The maximum Gasteiger partial charge on any atom is 0.338 e. The van der Waals surface area contributed by atoms with Gasteiger partial charge in [0.25, 0.3) is 21.5 Å². The summed E-state index contributed by atoms with van der Waals surface area (Å²) in [5.41, 5.74) is 1.97. The highest BCUT2D eigenvalue weighted by atomic mass is 32.2. The van der Waals surface area contributed by atoms with E-state index in [1.54, 1.807) is 61.1 Å². The van der Waals surface area contributed by atoms with Crippen molar-refractivity contribution in [3.8, 4) is 5.69 Å². The number of aryl methyl sites for hydroxylation is 1. The third-order valence-corrected chi connectivity index (χ3v) is 7.48. The van der Waals surface area contributed by atoms with Crippen molar-refractivity contribution in [3.05, 3.63) is 106 Å². The zero-order chi connectivity index (χ0) is 28.3. The Bertz CT molecular complexity index is 1710. The first-order valence-electron chi connectivity index (χ1n) is 12.0. The summed E-state index contributed by atoms with van der Waals surface area (Å²) in [7, 11) is -2.29. The quantitative estimate of drug-likeness (QED) is 0.323.